The summed E-state index contributed by atoms with van der Waals surface area (Å²) in [4.78, 5) is 26.9. The van der Waals surface area contributed by atoms with Crippen LogP contribution in [0.2, 0.25) is 10.0 Å². The van der Waals surface area contributed by atoms with Crippen LogP contribution in [-0.2, 0) is 0 Å². The Labute approximate surface area is 122 Å². The van der Waals surface area contributed by atoms with E-state index in [0.29, 0.717) is 5.82 Å². The van der Waals surface area contributed by atoms with Crippen molar-refractivity contribution in [1.82, 2.24) is 15.2 Å². The Bertz CT molecular complexity index is 699. The quantitative estimate of drug-likeness (QED) is 0.806. The Balaban J connectivity index is 2.38. The number of nitrogens with one attached hydrogen (secondary N) is 2. The summed E-state index contributed by atoms with van der Waals surface area (Å²) in [5.41, 5.74) is -0.279. The number of carboxylic acids is 1. The van der Waals surface area contributed by atoms with Crippen LogP contribution in [0.4, 0.5) is 5.69 Å². The molecule has 0 spiro atoms. The van der Waals surface area contributed by atoms with Crippen molar-refractivity contribution in [2.45, 2.75) is 6.92 Å². The highest BCUT2D eigenvalue weighted by molar-refractivity contribution is 6.38. The minimum absolute atomic E-state index is 0.00973. The molecular weight excluding hydrogens is 307 g/mol. The Morgan fingerprint density at radius 1 is 1.35 bits per heavy atom. The molecule has 20 heavy (non-hydrogen) atoms. The van der Waals surface area contributed by atoms with Gasteiger partial charge in [0, 0.05) is 5.02 Å². The summed E-state index contributed by atoms with van der Waals surface area (Å²) in [5, 5.41) is 17.8. The molecule has 0 saturated carbocycles. The maximum atomic E-state index is 11.9. The van der Waals surface area contributed by atoms with Crippen molar-refractivity contribution >= 4 is 40.8 Å². The number of aromatic nitrogens is 3. The molecule has 0 fully saturated rings. The van der Waals surface area contributed by atoms with Gasteiger partial charge in [0.25, 0.3) is 5.91 Å². The molecule has 0 unspecified atom stereocenters. The molecule has 1 amide bonds. The highest BCUT2D eigenvalue weighted by atomic mass is 35.5. The number of halogens is 2. The molecule has 1 heterocycles. The van der Waals surface area contributed by atoms with Gasteiger partial charge in [-0.1, -0.05) is 23.2 Å². The molecule has 0 aliphatic carbocycles. The van der Waals surface area contributed by atoms with Crippen molar-refractivity contribution in [3.63, 3.8) is 0 Å². The van der Waals surface area contributed by atoms with Crippen molar-refractivity contribution in [2.75, 3.05) is 5.32 Å². The number of aromatic carboxylic acids is 1. The summed E-state index contributed by atoms with van der Waals surface area (Å²) >= 11 is 11.6. The topological polar surface area (TPSA) is 108 Å². The number of carbonyl (C=O) groups excluding carboxylic acids is 1. The van der Waals surface area contributed by atoms with Crippen molar-refractivity contribution in [3.8, 4) is 0 Å². The lowest BCUT2D eigenvalue weighted by molar-refractivity contribution is 0.0698. The maximum Gasteiger partial charge on any atom is 0.337 e. The summed E-state index contributed by atoms with van der Waals surface area (Å²) < 4.78 is 0. The zero-order valence-corrected chi connectivity index (χ0v) is 11.6. The van der Waals surface area contributed by atoms with Crippen LogP contribution in [0.5, 0.6) is 0 Å². The number of carbonyl (C=O) groups is 2. The molecule has 0 bridgehead atoms. The molecule has 9 heteroatoms. The Kier molecular flexibility index (Phi) is 3.91. The van der Waals surface area contributed by atoms with Gasteiger partial charge in [0.15, 0.2) is 0 Å². The molecule has 2 aromatic rings. The van der Waals surface area contributed by atoms with Gasteiger partial charge in [0.1, 0.15) is 5.82 Å². The fourth-order valence-corrected chi connectivity index (χ4v) is 2.02. The number of H-pyrrole nitrogens is 1. The molecule has 1 aromatic carbocycles. The van der Waals surface area contributed by atoms with Crippen LogP contribution in [-0.4, -0.2) is 32.2 Å². The Hall–Kier alpha value is -2.12. The van der Waals surface area contributed by atoms with Crippen molar-refractivity contribution in [1.29, 1.82) is 0 Å². The van der Waals surface area contributed by atoms with Crippen LogP contribution >= 0.6 is 23.2 Å². The van der Waals surface area contributed by atoms with Crippen LogP contribution < -0.4 is 5.32 Å². The first kappa shape index (κ1) is 14.3. The average molecular weight is 315 g/mol. The van der Waals surface area contributed by atoms with Gasteiger partial charge in [-0.2, -0.15) is 0 Å². The summed E-state index contributed by atoms with van der Waals surface area (Å²) in [6.45, 7) is 1.63. The standard InChI is InChI=1S/C11H8Cl2N4O3/c1-4-14-9(17-16-4)10(18)15-8-6(11(19)20)2-5(12)3-7(8)13/h2-3H,1H3,(H,15,18)(H,19,20)(H,14,16,17). The fraction of sp³-hybridized carbons (Fsp3) is 0.0909. The summed E-state index contributed by atoms with van der Waals surface area (Å²) in [5.74, 6) is -1.61. The molecule has 3 N–H and O–H groups in total. The lowest BCUT2D eigenvalue weighted by Crippen LogP contribution is -2.16. The second-order valence-electron chi connectivity index (χ2n) is 3.81. The zero-order valence-electron chi connectivity index (χ0n) is 10.1. The van der Waals surface area contributed by atoms with E-state index >= 15 is 0 Å². The van der Waals surface area contributed by atoms with Gasteiger partial charge in [-0.3, -0.25) is 9.89 Å². The molecule has 7 nitrogen and oxygen atoms in total. The van der Waals surface area contributed by atoms with E-state index in [1.807, 2.05) is 0 Å². The van der Waals surface area contributed by atoms with E-state index in [9.17, 15) is 9.59 Å². The van der Waals surface area contributed by atoms with E-state index < -0.39 is 11.9 Å². The van der Waals surface area contributed by atoms with E-state index in [-0.39, 0.29) is 27.1 Å². The molecular formula is C11H8Cl2N4O3. The van der Waals surface area contributed by atoms with Gasteiger partial charge in [-0.25, -0.2) is 9.78 Å². The fourth-order valence-electron chi connectivity index (χ4n) is 1.48. The van der Waals surface area contributed by atoms with Crippen LogP contribution in [0.15, 0.2) is 12.1 Å². The first-order valence-corrected chi connectivity index (χ1v) is 6.06. The molecule has 0 radical (unpaired) electrons. The molecule has 0 atom stereocenters. The van der Waals surface area contributed by atoms with Crippen LogP contribution in [0.1, 0.15) is 26.8 Å². The van der Waals surface area contributed by atoms with Gasteiger partial charge < -0.3 is 10.4 Å². The van der Waals surface area contributed by atoms with Crippen LogP contribution in [0, 0.1) is 6.92 Å². The number of amides is 1. The van der Waals surface area contributed by atoms with Gasteiger partial charge in [-0.05, 0) is 19.1 Å². The lowest BCUT2D eigenvalue weighted by Gasteiger charge is -2.09. The normalized spacial score (nSPS) is 10.3. The van der Waals surface area contributed by atoms with Crippen molar-refractivity contribution in [3.05, 3.63) is 39.4 Å². The molecule has 0 saturated heterocycles. The minimum Gasteiger partial charge on any atom is -0.478 e. The SMILES string of the molecule is Cc1nc(C(=O)Nc2c(Cl)cc(Cl)cc2C(=O)O)n[nH]1. The highest BCUT2D eigenvalue weighted by Crippen LogP contribution is 2.30. The number of aryl methyl sites for hydroxylation is 1. The number of nitrogens with zero attached hydrogens (tertiary/aromatic N) is 2. The Morgan fingerprint density at radius 2 is 2.05 bits per heavy atom. The third-order valence-electron chi connectivity index (χ3n) is 2.32. The largest absolute Gasteiger partial charge is 0.478 e. The van der Waals surface area contributed by atoms with Crippen molar-refractivity contribution in [2.24, 2.45) is 0 Å². The predicted molar refractivity (Wildman–Crippen MR) is 72.5 cm³/mol. The van der Waals surface area contributed by atoms with Crippen molar-refractivity contribution < 1.29 is 14.7 Å². The number of hydrogen-bond acceptors (Lipinski definition) is 4. The molecule has 0 aliphatic rings. The average Bonchev–Trinajstić information content (AvgIpc) is 2.78. The molecule has 0 aliphatic heterocycles. The number of hydrogen-bond donors (Lipinski definition) is 3. The summed E-state index contributed by atoms with van der Waals surface area (Å²) in [6.07, 6.45) is 0. The number of aromatic amines is 1. The smallest absolute Gasteiger partial charge is 0.337 e. The summed E-state index contributed by atoms with van der Waals surface area (Å²) in [7, 11) is 0. The number of carboxylic acid groups (broad SMARTS) is 1. The van der Waals surface area contributed by atoms with Gasteiger partial charge >= 0.3 is 5.97 Å². The highest BCUT2D eigenvalue weighted by Gasteiger charge is 2.19. The number of rotatable bonds is 3. The molecule has 104 valence electrons. The third-order valence-corrected chi connectivity index (χ3v) is 2.84. The molecule has 2 rings (SSSR count). The monoisotopic (exact) mass is 314 g/mol. The van der Waals surface area contributed by atoms with E-state index in [0.717, 1.165) is 0 Å². The minimum atomic E-state index is -1.27. The molecule has 1 aromatic heterocycles. The van der Waals surface area contributed by atoms with Crippen LogP contribution in [0.3, 0.4) is 0 Å². The van der Waals surface area contributed by atoms with E-state index in [2.05, 4.69) is 20.5 Å². The number of anilines is 1. The Morgan fingerprint density at radius 3 is 2.60 bits per heavy atom. The summed E-state index contributed by atoms with van der Waals surface area (Å²) in [6, 6.07) is 2.52. The van der Waals surface area contributed by atoms with Gasteiger partial charge in [0.2, 0.25) is 5.82 Å². The number of benzene rings is 1. The first-order valence-electron chi connectivity index (χ1n) is 5.31. The second-order valence-corrected chi connectivity index (χ2v) is 4.66. The zero-order chi connectivity index (χ0) is 14.9. The third kappa shape index (κ3) is 2.89. The second kappa shape index (κ2) is 5.48. The van der Waals surface area contributed by atoms with E-state index in [1.54, 1.807) is 6.92 Å². The van der Waals surface area contributed by atoms with Gasteiger partial charge in [0.05, 0.1) is 16.3 Å². The van der Waals surface area contributed by atoms with Crippen LogP contribution in [0.25, 0.3) is 0 Å². The van der Waals surface area contributed by atoms with Gasteiger partial charge in [-0.15, -0.1) is 5.10 Å². The first-order chi connectivity index (χ1) is 9.38. The van der Waals surface area contributed by atoms with E-state index in [4.69, 9.17) is 28.3 Å². The van der Waals surface area contributed by atoms with E-state index in [1.165, 1.54) is 12.1 Å². The maximum absolute atomic E-state index is 11.9. The predicted octanol–water partition coefficient (Wildman–Crippen LogP) is 2.37. The lowest BCUT2D eigenvalue weighted by atomic mass is 10.1.